The monoisotopic (exact) mass is 142 g/mol. The molecular weight excluding hydrogens is 128 g/mol. The summed E-state index contributed by atoms with van der Waals surface area (Å²) < 4.78 is 5.32. The van der Waals surface area contributed by atoms with Crippen LogP contribution in [0.3, 0.4) is 0 Å². The van der Waals surface area contributed by atoms with Crippen molar-refractivity contribution in [2.45, 2.75) is 18.5 Å². The number of fused-ring (bicyclic) bond motifs is 1. The zero-order valence-electron chi connectivity index (χ0n) is 6.10. The lowest BCUT2D eigenvalue weighted by Crippen LogP contribution is -2.43. The SMILES string of the molecule is C1CN[C@@H]2COC[C@H]2NC1. The third kappa shape index (κ3) is 1.17. The minimum atomic E-state index is 0.572. The Morgan fingerprint density at radius 2 is 1.60 bits per heavy atom. The Hall–Kier alpha value is -0.120. The highest BCUT2D eigenvalue weighted by atomic mass is 16.5. The highest BCUT2D eigenvalue weighted by molar-refractivity contribution is 4.88. The second-order valence-electron chi connectivity index (χ2n) is 3.01. The molecule has 0 unspecified atom stereocenters. The van der Waals surface area contributed by atoms with E-state index in [-0.39, 0.29) is 0 Å². The van der Waals surface area contributed by atoms with Crippen molar-refractivity contribution in [3.05, 3.63) is 0 Å². The Morgan fingerprint density at radius 3 is 2.20 bits per heavy atom. The van der Waals surface area contributed by atoms with Crippen LogP contribution in [0.4, 0.5) is 0 Å². The molecule has 0 aromatic heterocycles. The highest BCUT2D eigenvalue weighted by Gasteiger charge is 2.28. The largest absolute Gasteiger partial charge is 0.378 e. The predicted molar refractivity (Wildman–Crippen MR) is 39.0 cm³/mol. The summed E-state index contributed by atoms with van der Waals surface area (Å²) in [5, 5.41) is 6.91. The first kappa shape index (κ1) is 6.58. The van der Waals surface area contributed by atoms with Crippen molar-refractivity contribution in [1.82, 2.24) is 10.6 Å². The van der Waals surface area contributed by atoms with Gasteiger partial charge in [-0.1, -0.05) is 0 Å². The molecule has 0 aliphatic carbocycles. The maximum Gasteiger partial charge on any atom is 0.0636 e. The molecule has 10 heavy (non-hydrogen) atoms. The molecular formula is C7H14N2O. The summed E-state index contributed by atoms with van der Waals surface area (Å²) in [6, 6.07) is 1.14. The molecule has 2 aliphatic heterocycles. The molecule has 0 aromatic carbocycles. The van der Waals surface area contributed by atoms with Crippen molar-refractivity contribution in [2.24, 2.45) is 0 Å². The summed E-state index contributed by atoms with van der Waals surface area (Å²) in [7, 11) is 0. The van der Waals surface area contributed by atoms with Crippen LogP contribution in [0.1, 0.15) is 6.42 Å². The zero-order chi connectivity index (χ0) is 6.81. The highest BCUT2D eigenvalue weighted by Crippen LogP contribution is 2.07. The van der Waals surface area contributed by atoms with Crippen LogP contribution in [0.2, 0.25) is 0 Å². The van der Waals surface area contributed by atoms with Crippen LogP contribution in [0.25, 0.3) is 0 Å². The van der Waals surface area contributed by atoms with Crippen molar-refractivity contribution < 1.29 is 4.74 Å². The van der Waals surface area contributed by atoms with E-state index in [4.69, 9.17) is 4.74 Å². The fraction of sp³-hybridized carbons (Fsp3) is 1.00. The van der Waals surface area contributed by atoms with Gasteiger partial charge in [0.1, 0.15) is 0 Å². The smallest absolute Gasteiger partial charge is 0.0636 e. The van der Waals surface area contributed by atoms with Crippen molar-refractivity contribution in [3.8, 4) is 0 Å². The van der Waals surface area contributed by atoms with Crippen LogP contribution in [0.15, 0.2) is 0 Å². The fourth-order valence-electron chi connectivity index (χ4n) is 1.62. The van der Waals surface area contributed by atoms with E-state index in [1.165, 1.54) is 6.42 Å². The van der Waals surface area contributed by atoms with Gasteiger partial charge in [-0.25, -0.2) is 0 Å². The van der Waals surface area contributed by atoms with Crippen molar-refractivity contribution in [2.75, 3.05) is 26.3 Å². The second kappa shape index (κ2) is 2.86. The zero-order valence-corrected chi connectivity index (χ0v) is 6.10. The normalized spacial score (nSPS) is 40.8. The average molecular weight is 142 g/mol. The molecule has 58 valence electrons. The Bertz CT molecular complexity index is 106. The quantitative estimate of drug-likeness (QED) is 0.471. The first-order valence-electron chi connectivity index (χ1n) is 4.01. The van der Waals surface area contributed by atoms with E-state index in [0.29, 0.717) is 12.1 Å². The molecule has 0 bridgehead atoms. The number of ether oxygens (including phenoxy) is 1. The lowest BCUT2D eigenvalue weighted by atomic mass is 10.2. The maximum atomic E-state index is 5.32. The van der Waals surface area contributed by atoms with Gasteiger partial charge >= 0.3 is 0 Å². The first-order valence-corrected chi connectivity index (χ1v) is 4.01. The topological polar surface area (TPSA) is 33.3 Å². The Kier molecular flexibility index (Phi) is 1.88. The van der Waals surface area contributed by atoms with Gasteiger partial charge < -0.3 is 15.4 Å². The molecule has 0 aromatic rings. The summed E-state index contributed by atoms with van der Waals surface area (Å²) in [6.07, 6.45) is 1.24. The van der Waals surface area contributed by atoms with Crippen molar-refractivity contribution >= 4 is 0 Å². The summed E-state index contributed by atoms with van der Waals surface area (Å²) in [4.78, 5) is 0. The van der Waals surface area contributed by atoms with Gasteiger partial charge in [0.25, 0.3) is 0 Å². The Morgan fingerprint density at radius 1 is 1.00 bits per heavy atom. The molecule has 2 saturated heterocycles. The molecule has 2 N–H and O–H groups in total. The van der Waals surface area contributed by atoms with Crippen LogP contribution in [-0.2, 0) is 4.74 Å². The minimum absolute atomic E-state index is 0.572. The van der Waals surface area contributed by atoms with E-state index in [0.717, 1.165) is 26.3 Å². The van der Waals surface area contributed by atoms with E-state index in [9.17, 15) is 0 Å². The number of hydrogen-bond donors (Lipinski definition) is 2. The number of rotatable bonds is 0. The minimum Gasteiger partial charge on any atom is -0.378 e. The van der Waals surface area contributed by atoms with Gasteiger partial charge in [-0.05, 0) is 19.5 Å². The lowest BCUT2D eigenvalue weighted by Gasteiger charge is -2.14. The summed E-state index contributed by atoms with van der Waals surface area (Å²) in [5.41, 5.74) is 0. The summed E-state index contributed by atoms with van der Waals surface area (Å²) in [6.45, 7) is 4.05. The van der Waals surface area contributed by atoms with E-state index in [2.05, 4.69) is 10.6 Å². The third-order valence-corrected chi connectivity index (χ3v) is 2.25. The van der Waals surface area contributed by atoms with Crippen LogP contribution < -0.4 is 10.6 Å². The summed E-state index contributed by atoms with van der Waals surface area (Å²) >= 11 is 0. The average Bonchev–Trinajstić information content (AvgIpc) is 2.28. The van der Waals surface area contributed by atoms with Gasteiger partial charge in [0.2, 0.25) is 0 Å². The number of nitrogens with one attached hydrogen (secondary N) is 2. The maximum absolute atomic E-state index is 5.32. The summed E-state index contributed by atoms with van der Waals surface area (Å²) in [5.74, 6) is 0. The predicted octanol–water partition coefficient (Wildman–Crippen LogP) is -0.663. The van der Waals surface area contributed by atoms with Gasteiger partial charge in [-0.15, -0.1) is 0 Å². The molecule has 0 radical (unpaired) electrons. The third-order valence-electron chi connectivity index (χ3n) is 2.25. The van der Waals surface area contributed by atoms with Crippen LogP contribution in [0.5, 0.6) is 0 Å². The molecule has 3 nitrogen and oxygen atoms in total. The molecule has 2 aliphatic rings. The van der Waals surface area contributed by atoms with Crippen LogP contribution >= 0.6 is 0 Å². The molecule has 2 atom stereocenters. The van der Waals surface area contributed by atoms with Gasteiger partial charge in [0, 0.05) is 12.1 Å². The second-order valence-corrected chi connectivity index (χ2v) is 3.01. The van der Waals surface area contributed by atoms with Crippen molar-refractivity contribution in [1.29, 1.82) is 0 Å². The van der Waals surface area contributed by atoms with Gasteiger partial charge in [0.15, 0.2) is 0 Å². The standard InChI is InChI=1S/C7H14N2O/c1-2-8-6-4-10-5-7(6)9-3-1/h6-9H,1-5H2/t6-,7-/m1/s1. The molecule has 2 fully saturated rings. The first-order chi connectivity index (χ1) is 4.97. The number of hydrogen-bond acceptors (Lipinski definition) is 3. The van der Waals surface area contributed by atoms with E-state index < -0.39 is 0 Å². The van der Waals surface area contributed by atoms with E-state index >= 15 is 0 Å². The molecule has 2 rings (SSSR count). The van der Waals surface area contributed by atoms with E-state index in [1.807, 2.05) is 0 Å². The van der Waals surface area contributed by atoms with Crippen LogP contribution in [0, 0.1) is 0 Å². The van der Waals surface area contributed by atoms with Crippen LogP contribution in [-0.4, -0.2) is 38.4 Å². The van der Waals surface area contributed by atoms with Gasteiger partial charge in [0.05, 0.1) is 13.2 Å². The van der Waals surface area contributed by atoms with E-state index in [1.54, 1.807) is 0 Å². The Balaban J connectivity index is 1.95. The molecule has 0 saturated carbocycles. The molecule has 0 amide bonds. The van der Waals surface area contributed by atoms with Gasteiger partial charge in [-0.2, -0.15) is 0 Å². The molecule has 2 heterocycles. The van der Waals surface area contributed by atoms with Crippen molar-refractivity contribution in [3.63, 3.8) is 0 Å². The lowest BCUT2D eigenvalue weighted by molar-refractivity contribution is 0.184. The molecule has 0 spiro atoms. The fourth-order valence-corrected chi connectivity index (χ4v) is 1.62. The Labute approximate surface area is 61.1 Å². The molecule has 3 heteroatoms. The van der Waals surface area contributed by atoms with Gasteiger partial charge in [-0.3, -0.25) is 0 Å².